The van der Waals surface area contributed by atoms with Crippen LogP contribution in [0.3, 0.4) is 0 Å². The van der Waals surface area contributed by atoms with Gasteiger partial charge < -0.3 is 4.74 Å². The molecule has 0 N–H and O–H groups in total. The second kappa shape index (κ2) is 7.28. The summed E-state index contributed by atoms with van der Waals surface area (Å²) in [5.41, 5.74) is 0. The summed E-state index contributed by atoms with van der Waals surface area (Å²) in [4.78, 5) is 0. The lowest BCUT2D eigenvalue weighted by Gasteiger charge is -2.34. The van der Waals surface area contributed by atoms with Crippen molar-refractivity contribution < 1.29 is 9.13 Å². The molecule has 0 bridgehead atoms. The maximum absolute atomic E-state index is 13.3. The SMILES string of the molecule is C.CC.C[C@@H]1CC[C@H]1Oc1cccc2ccc(F)cc12. The lowest BCUT2D eigenvalue weighted by Crippen LogP contribution is -2.34. The second-order valence-electron chi connectivity index (χ2n) is 4.83. The molecule has 2 aromatic rings. The van der Waals surface area contributed by atoms with Crippen LogP contribution in [0.2, 0.25) is 0 Å². The summed E-state index contributed by atoms with van der Waals surface area (Å²) < 4.78 is 19.2. The first-order valence-electron chi connectivity index (χ1n) is 7.09. The van der Waals surface area contributed by atoms with Crippen molar-refractivity contribution in [3.05, 3.63) is 42.2 Å². The molecule has 1 nitrogen and oxygen atoms in total. The van der Waals surface area contributed by atoms with E-state index in [2.05, 4.69) is 6.92 Å². The molecule has 20 heavy (non-hydrogen) atoms. The molecule has 1 saturated carbocycles. The highest BCUT2D eigenvalue weighted by molar-refractivity contribution is 5.88. The molecule has 0 aliphatic heterocycles. The van der Waals surface area contributed by atoms with Gasteiger partial charge in [0.05, 0.1) is 0 Å². The Kier molecular flexibility index (Phi) is 6.00. The van der Waals surface area contributed by atoms with Gasteiger partial charge in [-0.15, -0.1) is 0 Å². The number of rotatable bonds is 2. The topological polar surface area (TPSA) is 9.23 Å². The first-order chi connectivity index (χ1) is 9.24. The van der Waals surface area contributed by atoms with E-state index < -0.39 is 0 Å². The van der Waals surface area contributed by atoms with Crippen LogP contribution in [-0.4, -0.2) is 6.10 Å². The maximum atomic E-state index is 13.3. The van der Waals surface area contributed by atoms with E-state index in [4.69, 9.17) is 4.74 Å². The molecule has 1 aliphatic rings. The highest BCUT2D eigenvalue weighted by atomic mass is 19.1. The summed E-state index contributed by atoms with van der Waals surface area (Å²) in [5, 5.41) is 1.89. The van der Waals surface area contributed by atoms with Gasteiger partial charge in [0, 0.05) is 5.39 Å². The minimum Gasteiger partial charge on any atom is -0.490 e. The third-order valence-electron chi connectivity index (χ3n) is 3.62. The van der Waals surface area contributed by atoms with Gasteiger partial charge in [0.1, 0.15) is 17.7 Å². The minimum absolute atomic E-state index is 0. The Morgan fingerprint density at radius 1 is 1.10 bits per heavy atom. The van der Waals surface area contributed by atoms with E-state index in [0.717, 1.165) is 22.9 Å². The van der Waals surface area contributed by atoms with E-state index in [1.807, 2.05) is 32.0 Å². The largest absolute Gasteiger partial charge is 0.490 e. The Morgan fingerprint density at radius 3 is 2.45 bits per heavy atom. The molecule has 0 heterocycles. The zero-order valence-electron chi connectivity index (χ0n) is 11.8. The molecule has 1 aliphatic carbocycles. The van der Waals surface area contributed by atoms with E-state index in [1.165, 1.54) is 12.5 Å². The Balaban J connectivity index is 0.000000639. The number of hydrogen-bond donors (Lipinski definition) is 0. The molecular formula is C18H25FO. The van der Waals surface area contributed by atoms with Crippen LogP contribution >= 0.6 is 0 Å². The van der Waals surface area contributed by atoms with Crippen molar-refractivity contribution in [3.63, 3.8) is 0 Å². The summed E-state index contributed by atoms with van der Waals surface area (Å²) >= 11 is 0. The van der Waals surface area contributed by atoms with Crippen molar-refractivity contribution in [2.24, 2.45) is 5.92 Å². The van der Waals surface area contributed by atoms with E-state index in [9.17, 15) is 4.39 Å². The van der Waals surface area contributed by atoms with Gasteiger partial charge in [-0.05, 0) is 42.3 Å². The van der Waals surface area contributed by atoms with Gasteiger partial charge in [-0.1, -0.05) is 46.4 Å². The molecule has 0 amide bonds. The van der Waals surface area contributed by atoms with E-state index in [-0.39, 0.29) is 13.2 Å². The molecule has 0 saturated heterocycles. The first-order valence-corrected chi connectivity index (χ1v) is 7.09. The summed E-state index contributed by atoms with van der Waals surface area (Å²) in [6.45, 7) is 6.19. The van der Waals surface area contributed by atoms with Gasteiger partial charge in [0.25, 0.3) is 0 Å². The van der Waals surface area contributed by atoms with Crippen LogP contribution in [0.1, 0.15) is 41.0 Å². The van der Waals surface area contributed by atoms with Crippen LogP contribution in [0.15, 0.2) is 36.4 Å². The van der Waals surface area contributed by atoms with E-state index in [0.29, 0.717) is 12.0 Å². The number of benzene rings is 2. The van der Waals surface area contributed by atoms with Gasteiger partial charge in [0.15, 0.2) is 0 Å². The monoisotopic (exact) mass is 276 g/mol. The molecule has 1 fully saturated rings. The van der Waals surface area contributed by atoms with Crippen molar-refractivity contribution in [1.82, 2.24) is 0 Å². The van der Waals surface area contributed by atoms with Crippen molar-refractivity contribution in [1.29, 1.82) is 0 Å². The van der Waals surface area contributed by atoms with Crippen molar-refractivity contribution in [2.75, 3.05) is 0 Å². The smallest absolute Gasteiger partial charge is 0.127 e. The number of halogens is 1. The van der Waals surface area contributed by atoms with Crippen LogP contribution in [0.5, 0.6) is 5.75 Å². The quantitative estimate of drug-likeness (QED) is 0.671. The lowest BCUT2D eigenvalue weighted by molar-refractivity contribution is 0.0591. The maximum Gasteiger partial charge on any atom is 0.127 e. The molecule has 0 unspecified atom stereocenters. The molecule has 0 radical (unpaired) electrons. The zero-order valence-corrected chi connectivity index (χ0v) is 11.8. The Morgan fingerprint density at radius 2 is 1.85 bits per heavy atom. The van der Waals surface area contributed by atoms with Crippen molar-refractivity contribution in [2.45, 2.75) is 47.1 Å². The fraction of sp³-hybridized carbons (Fsp3) is 0.444. The van der Waals surface area contributed by atoms with Gasteiger partial charge in [-0.2, -0.15) is 0 Å². The normalized spacial score (nSPS) is 20.2. The summed E-state index contributed by atoms with van der Waals surface area (Å²) in [7, 11) is 0. The Bertz CT molecular complexity index is 550. The van der Waals surface area contributed by atoms with Gasteiger partial charge in [0.2, 0.25) is 0 Å². The van der Waals surface area contributed by atoms with E-state index >= 15 is 0 Å². The first kappa shape index (κ1) is 16.5. The molecule has 0 spiro atoms. The predicted molar refractivity (Wildman–Crippen MR) is 84.8 cm³/mol. The highest BCUT2D eigenvalue weighted by Gasteiger charge is 2.28. The van der Waals surface area contributed by atoms with Crippen LogP contribution in [0.4, 0.5) is 4.39 Å². The van der Waals surface area contributed by atoms with Gasteiger partial charge in [-0.25, -0.2) is 4.39 Å². The molecule has 2 heteroatoms. The molecular weight excluding hydrogens is 251 g/mol. The Hall–Kier alpha value is -1.57. The second-order valence-corrected chi connectivity index (χ2v) is 4.83. The molecule has 2 atom stereocenters. The van der Waals surface area contributed by atoms with Crippen LogP contribution in [-0.2, 0) is 0 Å². The number of ether oxygens (including phenoxy) is 1. The number of fused-ring (bicyclic) bond motifs is 1. The standard InChI is InChI=1S/C15H15FO.C2H6.CH4/c1-10-5-8-14(10)17-15-4-2-3-11-6-7-12(16)9-13(11)15;1-2;/h2-4,6-7,9-10,14H,5,8H2,1H3;1-2H3;1H4/t10-,14-;;/m1../s1. The lowest BCUT2D eigenvalue weighted by atomic mass is 9.83. The average Bonchev–Trinajstić information content (AvgIpc) is 2.45. The fourth-order valence-electron chi connectivity index (χ4n) is 2.29. The van der Waals surface area contributed by atoms with Gasteiger partial charge >= 0.3 is 0 Å². The summed E-state index contributed by atoms with van der Waals surface area (Å²) in [6, 6.07) is 10.7. The summed E-state index contributed by atoms with van der Waals surface area (Å²) in [6.07, 6.45) is 2.63. The Labute approximate surface area is 121 Å². The van der Waals surface area contributed by atoms with Crippen LogP contribution < -0.4 is 4.74 Å². The third kappa shape index (κ3) is 3.30. The molecule has 0 aromatic heterocycles. The average molecular weight is 276 g/mol. The van der Waals surface area contributed by atoms with Gasteiger partial charge in [-0.3, -0.25) is 0 Å². The third-order valence-corrected chi connectivity index (χ3v) is 3.62. The molecule has 2 aromatic carbocycles. The minimum atomic E-state index is -0.213. The zero-order chi connectivity index (χ0) is 13.8. The summed E-state index contributed by atoms with van der Waals surface area (Å²) in [5.74, 6) is 1.20. The fourth-order valence-corrected chi connectivity index (χ4v) is 2.29. The van der Waals surface area contributed by atoms with Crippen LogP contribution in [0.25, 0.3) is 10.8 Å². The molecule has 110 valence electrons. The predicted octanol–water partition coefficient (Wildman–Crippen LogP) is 5.82. The molecule has 3 rings (SSSR count). The number of hydrogen-bond acceptors (Lipinski definition) is 1. The van der Waals surface area contributed by atoms with Crippen molar-refractivity contribution in [3.8, 4) is 5.75 Å². The van der Waals surface area contributed by atoms with Crippen LogP contribution in [0, 0.1) is 11.7 Å². The highest BCUT2D eigenvalue weighted by Crippen LogP contribution is 2.34. The van der Waals surface area contributed by atoms with Crippen molar-refractivity contribution >= 4 is 10.8 Å². The van der Waals surface area contributed by atoms with E-state index in [1.54, 1.807) is 12.1 Å².